The maximum absolute atomic E-state index is 10.8. The first kappa shape index (κ1) is 15.3. The molecule has 0 heterocycles. The molecule has 0 bridgehead atoms. The molecular formula is C15H21BrClNO. The molecule has 0 spiro atoms. The lowest BCUT2D eigenvalue weighted by Crippen LogP contribution is -2.40. The van der Waals surface area contributed by atoms with E-state index in [9.17, 15) is 5.11 Å². The molecule has 19 heavy (non-hydrogen) atoms. The lowest BCUT2D eigenvalue weighted by Gasteiger charge is -2.42. The van der Waals surface area contributed by atoms with Crippen molar-refractivity contribution >= 4 is 27.5 Å². The molecule has 2 rings (SSSR count). The third kappa shape index (κ3) is 3.15. The summed E-state index contributed by atoms with van der Waals surface area (Å²) >= 11 is 9.65. The van der Waals surface area contributed by atoms with Gasteiger partial charge in [-0.05, 0) is 36.5 Å². The SMILES string of the molecule is CC1CCC(CN)(C(O)c2ccc(Br)cc2Cl)CC1. The highest BCUT2D eigenvalue weighted by molar-refractivity contribution is 9.10. The van der Waals surface area contributed by atoms with E-state index in [0.717, 1.165) is 41.6 Å². The van der Waals surface area contributed by atoms with Gasteiger partial charge in [0.15, 0.2) is 0 Å². The van der Waals surface area contributed by atoms with Crippen LogP contribution in [0.15, 0.2) is 22.7 Å². The number of aliphatic hydroxyl groups excluding tert-OH is 1. The smallest absolute Gasteiger partial charge is 0.0872 e. The van der Waals surface area contributed by atoms with Crippen molar-refractivity contribution in [3.63, 3.8) is 0 Å². The Morgan fingerprint density at radius 1 is 1.47 bits per heavy atom. The van der Waals surface area contributed by atoms with Crippen molar-refractivity contribution in [2.24, 2.45) is 17.1 Å². The maximum Gasteiger partial charge on any atom is 0.0872 e. The van der Waals surface area contributed by atoms with Crippen LogP contribution < -0.4 is 5.73 Å². The van der Waals surface area contributed by atoms with Gasteiger partial charge < -0.3 is 10.8 Å². The van der Waals surface area contributed by atoms with Crippen LogP contribution in [0.5, 0.6) is 0 Å². The van der Waals surface area contributed by atoms with Crippen molar-refractivity contribution in [1.82, 2.24) is 0 Å². The second-order valence-corrected chi connectivity index (χ2v) is 7.14. The molecule has 0 amide bonds. The normalized spacial score (nSPS) is 29.2. The average molecular weight is 347 g/mol. The number of hydrogen-bond donors (Lipinski definition) is 2. The van der Waals surface area contributed by atoms with Crippen LogP contribution in [-0.2, 0) is 0 Å². The van der Waals surface area contributed by atoms with E-state index in [4.69, 9.17) is 17.3 Å². The van der Waals surface area contributed by atoms with Gasteiger partial charge in [0.25, 0.3) is 0 Å². The predicted octanol–water partition coefficient (Wildman–Crippen LogP) is 4.29. The molecular weight excluding hydrogens is 326 g/mol. The zero-order valence-electron chi connectivity index (χ0n) is 11.2. The van der Waals surface area contributed by atoms with Gasteiger partial charge in [-0.25, -0.2) is 0 Å². The lowest BCUT2D eigenvalue weighted by atomic mass is 9.66. The summed E-state index contributed by atoms with van der Waals surface area (Å²) in [7, 11) is 0. The molecule has 0 aliphatic heterocycles. The Balaban J connectivity index is 2.27. The van der Waals surface area contributed by atoms with Crippen LogP contribution in [0.25, 0.3) is 0 Å². The Morgan fingerprint density at radius 2 is 2.11 bits per heavy atom. The van der Waals surface area contributed by atoms with Gasteiger partial charge in [-0.1, -0.05) is 53.4 Å². The molecule has 1 aliphatic carbocycles. The molecule has 1 unspecified atom stereocenters. The first-order valence-corrected chi connectivity index (χ1v) is 7.99. The van der Waals surface area contributed by atoms with Gasteiger partial charge in [-0.2, -0.15) is 0 Å². The number of halogens is 2. The van der Waals surface area contributed by atoms with Crippen molar-refractivity contribution in [3.8, 4) is 0 Å². The van der Waals surface area contributed by atoms with Crippen LogP contribution in [0.1, 0.15) is 44.3 Å². The zero-order valence-corrected chi connectivity index (χ0v) is 13.5. The van der Waals surface area contributed by atoms with Gasteiger partial charge in [0.2, 0.25) is 0 Å². The van der Waals surface area contributed by atoms with Gasteiger partial charge in [0.05, 0.1) is 6.10 Å². The largest absolute Gasteiger partial charge is 0.388 e. The van der Waals surface area contributed by atoms with Crippen LogP contribution in [-0.4, -0.2) is 11.7 Å². The fourth-order valence-electron chi connectivity index (χ4n) is 2.98. The monoisotopic (exact) mass is 345 g/mol. The summed E-state index contributed by atoms with van der Waals surface area (Å²) in [5.41, 5.74) is 6.57. The Morgan fingerprint density at radius 3 is 2.63 bits per heavy atom. The number of nitrogens with two attached hydrogens (primary N) is 1. The van der Waals surface area contributed by atoms with Crippen molar-refractivity contribution in [2.45, 2.75) is 38.7 Å². The molecule has 0 aromatic heterocycles. The summed E-state index contributed by atoms with van der Waals surface area (Å²) in [6, 6.07) is 5.64. The zero-order chi connectivity index (χ0) is 14.0. The Bertz CT molecular complexity index is 444. The molecule has 0 radical (unpaired) electrons. The minimum atomic E-state index is -0.578. The Kier molecular flexibility index (Phi) is 4.93. The molecule has 1 aliphatic rings. The number of benzene rings is 1. The summed E-state index contributed by atoms with van der Waals surface area (Å²) < 4.78 is 0.924. The van der Waals surface area contributed by atoms with E-state index in [1.54, 1.807) is 0 Å². The second kappa shape index (κ2) is 6.13. The van der Waals surface area contributed by atoms with Gasteiger partial charge in [-0.15, -0.1) is 0 Å². The number of aliphatic hydroxyl groups is 1. The fourth-order valence-corrected chi connectivity index (χ4v) is 3.76. The Labute approximate surface area is 128 Å². The summed E-state index contributed by atoms with van der Waals surface area (Å²) in [4.78, 5) is 0. The van der Waals surface area contributed by atoms with Crippen molar-refractivity contribution in [2.75, 3.05) is 6.54 Å². The second-order valence-electron chi connectivity index (χ2n) is 5.82. The minimum absolute atomic E-state index is 0.218. The van der Waals surface area contributed by atoms with Crippen LogP contribution in [0, 0.1) is 11.3 Å². The standard InChI is InChI=1S/C15H21BrClNO/c1-10-4-6-15(9-18,7-5-10)14(19)12-3-2-11(16)8-13(12)17/h2-3,8,10,14,19H,4-7,9,18H2,1H3. The molecule has 2 nitrogen and oxygen atoms in total. The highest BCUT2D eigenvalue weighted by Gasteiger charge is 2.40. The fraction of sp³-hybridized carbons (Fsp3) is 0.600. The number of rotatable bonds is 3. The van der Waals surface area contributed by atoms with Crippen LogP contribution >= 0.6 is 27.5 Å². The molecule has 1 atom stereocenters. The third-order valence-electron chi connectivity index (χ3n) is 4.51. The molecule has 1 fully saturated rings. The van der Waals surface area contributed by atoms with Crippen LogP contribution in [0.2, 0.25) is 5.02 Å². The Hall–Kier alpha value is -0.0900. The van der Waals surface area contributed by atoms with Gasteiger partial charge in [-0.3, -0.25) is 0 Å². The summed E-state index contributed by atoms with van der Waals surface area (Å²) in [6.07, 6.45) is 3.62. The van der Waals surface area contributed by atoms with E-state index in [0.29, 0.717) is 11.6 Å². The molecule has 1 aromatic carbocycles. The van der Waals surface area contributed by atoms with Gasteiger partial charge in [0, 0.05) is 21.5 Å². The van der Waals surface area contributed by atoms with Crippen molar-refractivity contribution in [3.05, 3.63) is 33.3 Å². The molecule has 3 N–H and O–H groups in total. The highest BCUT2D eigenvalue weighted by atomic mass is 79.9. The lowest BCUT2D eigenvalue weighted by molar-refractivity contribution is -0.00812. The first-order valence-electron chi connectivity index (χ1n) is 6.81. The summed E-state index contributed by atoms with van der Waals surface area (Å²) in [5, 5.41) is 11.4. The predicted molar refractivity (Wildman–Crippen MR) is 83.2 cm³/mol. The quantitative estimate of drug-likeness (QED) is 0.857. The molecule has 4 heteroatoms. The van der Waals surface area contributed by atoms with E-state index < -0.39 is 6.10 Å². The van der Waals surface area contributed by atoms with E-state index in [1.807, 2.05) is 18.2 Å². The van der Waals surface area contributed by atoms with E-state index in [1.165, 1.54) is 0 Å². The van der Waals surface area contributed by atoms with E-state index in [-0.39, 0.29) is 5.41 Å². The molecule has 1 saturated carbocycles. The van der Waals surface area contributed by atoms with Gasteiger partial charge >= 0.3 is 0 Å². The average Bonchev–Trinajstić information content (AvgIpc) is 2.39. The van der Waals surface area contributed by atoms with E-state index >= 15 is 0 Å². The molecule has 1 aromatic rings. The van der Waals surface area contributed by atoms with Gasteiger partial charge in [0.1, 0.15) is 0 Å². The first-order chi connectivity index (χ1) is 8.98. The molecule has 106 valence electrons. The summed E-state index contributed by atoms with van der Waals surface area (Å²) in [6.45, 7) is 2.77. The summed E-state index contributed by atoms with van der Waals surface area (Å²) in [5.74, 6) is 0.729. The highest BCUT2D eigenvalue weighted by Crippen LogP contribution is 2.48. The third-order valence-corrected chi connectivity index (χ3v) is 5.33. The molecule has 0 saturated heterocycles. The van der Waals surface area contributed by atoms with Crippen molar-refractivity contribution < 1.29 is 5.11 Å². The van der Waals surface area contributed by atoms with E-state index in [2.05, 4.69) is 22.9 Å². The van der Waals surface area contributed by atoms with Crippen LogP contribution in [0.4, 0.5) is 0 Å². The van der Waals surface area contributed by atoms with Crippen molar-refractivity contribution in [1.29, 1.82) is 0 Å². The maximum atomic E-state index is 10.8. The number of hydrogen-bond acceptors (Lipinski definition) is 2. The topological polar surface area (TPSA) is 46.2 Å². The van der Waals surface area contributed by atoms with Crippen LogP contribution in [0.3, 0.4) is 0 Å². The minimum Gasteiger partial charge on any atom is -0.388 e.